The summed E-state index contributed by atoms with van der Waals surface area (Å²) < 4.78 is 7.61. The first-order valence-corrected chi connectivity index (χ1v) is 9.41. The van der Waals surface area contributed by atoms with Crippen LogP contribution in [0.25, 0.3) is 34.4 Å². The highest BCUT2D eigenvalue weighted by Crippen LogP contribution is 2.39. The van der Waals surface area contributed by atoms with Crippen molar-refractivity contribution in [2.24, 2.45) is 7.05 Å². The Morgan fingerprint density at radius 3 is 2.35 bits per heavy atom. The van der Waals surface area contributed by atoms with E-state index in [0.717, 1.165) is 5.56 Å². The number of benzene rings is 2. The third-order valence-corrected chi connectivity index (χ3v) is 5.18. The van der Waals surface area contributed by atoms with Gasteiger partial charge in [-0.25, -0.2) is 0 Å². The molecule has 0 atom stereocenters. The Labute approximate surface area is 176 Å². The van der Waals surface area contributed by atoms with Crippen molar-refractivity contribution in [3.05, 3.63) is 82.8 Å². The smallest absolute Gasteiger partial charge is 0.267 e. The lowest BCUT2D eigenvalue weighted by atomic mass is 9.99. The van der Waals surface area contributed by atoms with Crippen LogP contribution in [0.1, 0.15) is 21.8 Å². The van der Waals surface area contributed by atoms with E-state index in [4.69, 9.17) is 4.42 Å². The Kier molecular flexibility index (Phi) is 4.10. The number of Topliss-reactive ketones (excluding diaryl/α,β-unsaturated/α-hetero) is 1. The van der Waals surface area contributed by atoms with E-state index in [0.29, 0.717) is 33.9 Å². The van der Waals surface area contributed by atoms with Crippen LogP contribution in [0.5, 0.6) is 0 Å². The molecular weight excluding hydrogens is 390 g/mol. The summed E-state index contributed by atoms with van der Waals surface area (Å²) in [7, 11) is 1.84. The van der Waals surface area contributed by atoms with Crippen molar-refractivity contribution in [2.45, 2.75) is 0 Å². The van der Waals surface area contributed by atoms with Gasteiger partial charge in [-0.15, -0.1) is 0 Å². The number of allylic oxidation sites excluding steroid dienone is 3. The third kappa shape index (κ3) is 2.77. The minimum Gasteiger partial charge on any atom is -0.417 e. The van der Waals surface area contributed by atoms with Crippen LogP contribution in [0.15, 0.2) is 70.2 Å². The van der Waals surface area contributed by atoms with E-state index in [1.807, 2.05) is 54.1 Å². The predicted octanol–water partition coefficient (Wildman–Crippen LogP) is 4.31. The molecule has 0 N–H and O–H groups in total. The van der Waals surface area contributed by atoms with E-state index in [1.165, 1.54) is 6.08 Å². The summed E-state index contributed by atoms with van der Waals surface area (Å²) in [4.78, 5) is 22.0. The van der Waals surface area contributed by atoms with Crippen LogP contribution in [-0.2, 0) is 7.05 Å². The summed E-state index contributed by atoms with van der Waals surface area (Å²) in [6.45, 7) is 0. The SMILES string of the molecule is Cn1c(-c2ccccc2)nc2oc(/C=C3\C(=O)c4ccccc4C3=C(C#N)C#N)nc21. The summed E-state index contributed by atoms with van der Waals surface area (Å²) in [5.41, 5.74) is 3.15. The summed E-state index contributed by atoms with van der Waals surface area (Å²) in [5, 5.41) is 18.8. The van der Waals surface area contributed by atoms with Crippen LogP contribution in [-0.4, -0.2) is 20.3 Å². The second kappa shape index (κ2) is 6.94. The van der Waals surface area contributed by atoms with Gasteiger partial charge < -0.3 is 8.98 Å². The molecule has 0 bridgehead atoms. The number of nitriles is 2. The van der Waals surface area contributed by atoms with E-state index in [-0.39, 0.29) is 22.8 Å². The van der Waals surface area contributed by atoms with E-state index in [1.54, 1.807) is 24.3 Å². The molecule has 5 rings (SSSR count). The first kappa shape index (κ1) is 18.3. The van der Waals surface area contributed by atoms with Gasteiger partial charge in [-0.2, -0.15) is 20.5 Å². The van der Waals surface area contributed by atoms with Crippen molar-refractivity contribution in [3.63, 3.8) is 0 Å². The Bertz CT molecular complexity index is 1510. The van der Waals surface area contributed by atoms with E-state index >= 15 is 0 Å². The average molecular weight is 403 g/mol. The van der Waals surface area contributed by atoms with Gasteiger partial charge in [0.2, 0.25) is 11.5 Å². The van der Waals surface area contributed by atoms with Gasteiger partial charge in [-0.05, 0) is 5.56 Å². The van der Waals surface area contributed by atoms with E-state index in [9.17, 15) is 15.3 Å². The maximum atomic E-state index is 13.0. The molecule has 0 amide bonds. The van der Waals surface area contributed by atoms with Crippen molar-refractivity contribution < 1.29 is 9.21 Å². The van der Waals surface area contributed by atoms with Gasteiger partial charge in [-0.1, -0.05) is 54.6 Å². The molecule has 2 aromatic carbocycles. The van der Waals surface area contributed by atoms with Crippen molar-refractivity contribution in [1.82, 2.24) is 14.5 Å². The number of hydrogen-bond donors (Lipinski definition) is 0. The van der Waals surface area contributed by atoms with Crippen LogP contribution in [0.3, 0.4) is 0 Å². The molecule has 0 unspecified atom stereocenters. The lowest BCUT2D eigenvalue weighted by molar-refractivity contribution is 0.104. The highest BCUT2D eigenvalue weighted by molar-refractivity contribution is 6.29. The van der Waals surface area contributed by atoms with Gasteiger partial charge in [0.05, 0.1) is 0 Å². The van der Waals surface area contributed by atoms with Crippen LogP contribution in [0, 0.1) is 22.7 Å². The minimum atomic E-state index is -0.284. The molecule has 2 aromatic heterocycles. The number of rotatable bonds is 2. The average Bonchev–Trinajstić information content (AvgIpc) is 3.43. The molecule has 2 heterocycles. The van der Waals surface area contributed by atoms with Gasteiger partial charge in [0.15, 0.2) is 5.78 Å². The number of hydrogen-bond acceptors (Lipinski definition) is 6. The van der Waals surface area contributed by atoms with Gasteiger partial charge >= 0.3 is 0 Å². The topological polar surface area (TPSA) is 108 Å². The number of aryl methyl sites for hydroxylation is 1. The first-order valence-electron chi connectivity index (χ1n) is 9.41. The zero-order valence-corrected chi connectivity index (χ0v) is 16.3. The van der Waals surface area contributed by atoms with Gasteiger partial charge in [-0.3, -0.25) is 4.79 Å². The van der Waals surface area contributed by atoms with E-state index in [2.05, 4.69) is 9.97 Å². The third-order valence-electron chi connectivity index (χ3n) is 5.18. The number of carbonyl (C=O) groups is 1. The zero-order chi connectivity index (χ0) is 21.5. The largest absolute Gasteiger partial charge is 0.417 e. The molecule has 7 nitrogen and oxygen atoms in total. The van der Waals surface area contributed by atoms with Crippen LogP contribution < -0.4 is 0 Å². The van der Waals surface area contributed by atoms with Crippen LogP contribution in [0.2, 0.25) is 0 Å². The van der Waals surface area contributed by atoms with Crippen LogP contribution in [0.4, 0.5) is 0 Å². The fraction of sp³-hybridized carbons (Fsp3) is 0.0417. The number of nitrogens with zero attached hydrogens (tertiary/aromatic N) is 5. The number of oxazole rings is 1. The highest BCUT2D eigenvalue weighted by Gasteiger charge is 2.32. The molecule has 146 valence electrons. The van der Waals surface area contributed by atoms with Crippen LogP contribution >= 0.6 is 0 Å². The molecule has 0 fully saturated rings. The lowest BCUT2D eigenvalue weighted by Gasteiger charge is -2.01. The zero-order valence-electron chi connectivity index (χ0n) is 16.3. The van der Waals surface area contributed by atoms with E-state index < -0.39 is 0 Å². The maximum Gasteiger partial charge on any atom is 0.267 e. The normalized spacial score (nSPS) is 14.0. The first-order chi connectivity index (χ1) is 15.1. The molecule has 4 aromatic rings. The second-order valence-corrected chi connectivity index (χ2v) is 6.95. The Morgan fingerprint density at radius 2 is 1.68 bits per heavy atom. The van der Waals surface area contributed by atoms with Gasteiger partial charge in [0.25, 0.3) is 5.71 Å². The molecule has 0 saturated carbocycles. The lowest BCUT2D eigenvalue weighted by Crippen LogP contribution is -1.96. The van der Waals surface area contributed by atoms with Gasteiger partial charge in [0, 0.05) is 35.4 Å². The highest BCUT2D eigenvalue weighted by atomic mass is 16.4. The van der Waals surface area contributed by atoms with Crippen molar-refractivity contribution in [3.8, 4) is 23.5 Å². The summed E-state index contributed by atoms with van der Waals surface area (Å²) in [5.74, 6) is 0.604. The monoisotopic (exact) mass is 403 g/mol. The fourth-order valence-electron chi connectivity index (χ4n) is 3.76. The molecule has 0 spiro atoms. The number of imidazole rings is 1. The second-order valence-electron chi connectivity index (χ2n) is 6.95. The molecule has 1 aliphatic rings. The molecule has 0 radical (unpaired) electrons. The van der Waals surface area contributed by atoms with Crippen molar-refractivity contribution >= 4 is 28.8 Å². The predicted molar refractivity (Wildman–Crippen MR) is 113 cm³/mol. The molecular formula is C24H13N5O2. The summed E-state index contributed by atoms with van der Waals surface area (Å²) >= 11 is 0. The summed E-state index contributed by atoms with van der Waals surface area (Å²) in [6, 6.07) is 20.3. The maximum absolute atomic E-state index is 13.0. The standard InChI is InChI=1S/C24H13N5O2/c1-29-22(14-7-3-2-4-8-14)28-24-23(29)27-19(31-24)11-18-20(15(12-25)13-26)16-9-5-6-10-17(16)21(18)30/h2-11H,1H3/b18-11-. The number of ketones is 1. The Morgan fingerprint density at radius 1 is 1.00 bits per heavy atom. The molecule has 1 aliphatic carbocycles. The molecule has 7 heteroatoms. The minimum absolute atomic E-state index is 0.134. The quantitative estimate of drug-likeness (QED) is 0.364. The van der Waals surface area contributed by atoms with Crippen molar-refractivity contribution in [1.29, 1.82) is 10.5 Å². The number of aromatic nitrogens is 3. The summed E-state index contributed by atoms with van der Waals surface area (Å²) in [6.07, 6.45) is 1.47. The number of fused-ring (bicyclic) bond motifs is 2. The van der Waals surface area contributed by atoms with Gasteiger partial charge in [0.1, 0.15) is 23.5 Å². The molecule has 0 aliphatic heterocycles. The molecule has 0 saturated heterocycles. The number of carbonyl (C=O) groups excluding carboxylic acids is 1. The van der Waals surface area contributed by atoms with Crippen molar-refractivity contribution in [2.75, 3.05) is 0 Å². The molecule has 31 heavy (non-hydrogen) atoms. The Hall–Kier alpha value is -4.75. The Balaban J connectivity index is 1.65. The fourth-order valence-corrected chi connectivity index (χ4v) is 3.76.